The highest BCUT2D eigenvalue weighted by Gasteiger charge is 2.27. The zero-order chi connectivity index (χ0) is 11.8. The number of carbonyl (C=O) groups excluding carboxylic acids is 1. The van der Waals surface area contributed by atoms with Gasteiger partial charge in [0.1, 0.15) is 17.6 Å². The Morgan fingerprint density at radius 3 is 3.00 bits per heavy atom. The van der Waals surface area contributed by atoms with Crippen molar-refractivity contribution in [3.63, 3.8) is 0 Å². The van der Waals surface area contributed by atoms with Gasteiger partial charge in [-0.25, -0.2) is 0 Å². The van der Waals surface area contributed by atoms with Crippen molar-refractivity contribution in [2.75, 3.05) is 0 Å². The Labute approximate surface area is 102 Å². The van der Waals surface area contributed by atoms with E-state index in [-0.39, 0.29) is 17.6 Å². The fourth-order valence-electron chi connectivity index (χ4n) is 1.96. The molecule has 3 nitrogen and oxygen atoms in total. The van der Waals surface area contributed by atoms with Crippen molar-refractivity contribution in [3.8, 4) is 11.5 Å². The number of ether oxygens (including phenoxy) is 1. The lowest BCUT2D eigenvalue weighted by Crippen LogP contribution is -2.19. The number of rotatable bonds is 1. The molecule has 3 rings (SSSR count). The summed E-state index contributed by atoms with van der Waals surface area (Å²) in [5, 5.41) is 13.3. The van der Waals surface area contributed by atoms with Gasteiger partial charge in [0, 0.05) is 5.56 Å². The van der Waals surface area contributed by atoms with Gasteiger partial charge in [0.15, 0.2) is 5.78 Å². The van der Waals surface area contributed by atoms with Gasteiger partial charge in [0.05, 0.1) is 12.0 Å². The van der Waals surface area contributed by atoms with Crippen LogP contribution in [0, 0.1) is 0 Å². The second kappa shape index (κ2) is 3.89. The number of hydrogen-bond donors (Lipinski definition) is 1. The molecule has 17 heavy (non-hydrogen) atoms. The lowest BCUT2D eigenvalue weighted by atomic mass is 9.97. The van der Waals surface area contributed by atoms with Crippen LogP contribution in [0.4, 0.5) is 0 Å². The summed E-state index contributed by atoms with van der Waals surface area (Å²) in [5.41, 5.74) is 1.50. The van der Waals surface area contributed by atoms with E-state index in [1.165, 1.54) is 12.1 Å². The monoisotopic (exact) mass is 246 g/mol. The molecule has 2 heterocycles. The van der Waals surface area contributed by atoms with Crippen LogP contribution in [0.5, 0.6) is 11.5 Å². The first-order valence-corrected chi connectivity index (χ1v) is 6.23. The molecule has 0 saturated carbocycles. The molecule has 4 heteroatoms. The summed E-state index contributed by atoms with van der Waals surface area (Å²) in [7, 11) is 0. The van der Waals surface area contributed by atoms with E-state index >= 15 is 0 Å². The molecule has 0 saturated heterocycles. The van der Waals surface area contributed by atoms with E-state index in [2.05, 4.69) is 0 Å². The molecule has 2 aromatic rings. The van der Waals surface area contributed by atoms with E-state index in [0.717, 1.165) is 5.56 Å². The Hall–Kier alpha value is -1.81. The maximum absolute atomic E-state index is 12.0. The van der Waals surface area contributed by atoms with Gasteiger partial charge in [-0.3, -0.25) is 4.79 Å². The zero-order valence-electron chi connectivity index (χ0n) is 8.92. The molecular formula is C13H10O3S. The third-order valence-corrected chi connectivity index (χ3v) is 3.52. The molecule has 1 aromatic heterocycles. The number of fused-ring (bicyclic) bond motifs is 1. The highest BCUT2D eigenvalue weighted by Crippen LogP contribution is 2.36. The molecule has 1 aromatic carbocycles. The molecule has 0 bridgehead atoms. The minimum Gasteiger partial charge on any atom is -0.508 e. The molecule has 1 atom stereocenters. The quantitative estimate of drug-likeness (QED) is 0.840. The van der Waals surface area contributed by atoms with Crippen molar-refractivity contribution in [1.82, 2.24) is 0 Å². The van der Waals surface area contributed by atoms with E-state index in [1.54, 1.807) is 17.4 Å². The molecular weight excluding hydrogens is 236 g/mol. The van der Waals surface area contributed by atoms with Crippen LogP contribution >= 0.6 is 11.3 Å². The summed E-state index contributed by atoms with van der Waals surface area (Å²) in [6.07, 6.45) is 0.124. The first-order chi connectivity index (χ1) is 8.24. The number of benzene rings is 1. The Balaban J connectivity index is 1.99. The smallest absolute Gasteiger partial charge is 0.170 e. The van der Waals surface area contributed by atoms with Gasteiger partial charge in [0.25, 0.3) is 0 Å². The summed E-state index contributed by atoms with van der Waals surface area (Å²) >= 11 is 1.59. The molecule has 0 unspecified atom stereocenters. The van der Waals surface area contributed by atoms with Crippen LogP contribution in [0.1, 0.15) is 28.4 Å². The highest BCUT2D eigenvalue weighted by molar-refractivity contribution is 7.07. The van der Waals surface area contributed by atoms with Gasteiger partial charge in [0.2, 0.25) is 0 Å². The number of phenols is 1. The Morgan fingerprint density at radius 2 is 2.24 bits per heavy atom. The highest BCUT2D eigenvalue weighted by atomic mass is 32.1. The van der Waals surface area contributed by atoms with Crippen molar-refractivity contribution in [2.24, 2.45) is 0 Å². The fraction of sp³-hybridized carbons (Fsp3) is 0.154. The summed E-state index contributed by atoms with van der Waals surface area (Å²) in [6.45, 7) is 0. The predicted octanol–water partition coefficient (Wildman–Crippen LogP) is 3.16. The normalized spacial score (nSPS) is 18.6. The maximum atomic E-state index is 12.0. The Morgan fingerprint density at radius 1 is 1.35 bits per heavy atom. The average molecular weight is 246 g/mol. The summed E-state index contributed by atoms with van der Waals surface area (Å²) in [4.78, 5) is 12.0. The first kappa shape index (κ1) is 10.4. The standard InChI is InChI=1S/C13H10O3S/c14-9-1-2-12-10(5-9)11(15)6-13(16-12)8-3-4-17-7-8/h1-5,7,13-14H,6H2/t13-/m0/s1. The maximum Gasteiger partial charge on any atom is 0.170 e. The molecule has 1 aliphatic heterocycles. The van der Waals surface area contributed by atoms with Crippen molar-refractivity contribution in [2.45, 2.75) is 12.5 Å². The molecule has 0 spiro atoms. The molecule has 0 fully saturated rings. The van der Waals surface area contributed by atoms with Crippen LogP contribution < -0.4 is 4.74 Å². The minimum absolute atomic E-state index is 0.0124. The van der Waals surface area contributed by atoms with Crippen LogP contribution in [0.25, 0.3) is 0 Å². The van der Waals surface area contributed by atoms with Crippen molar-refractivity contribution < 1.29 is 14.6 Å². The molecule has 0 radical (unpaired) electrons. The number of carbonyl (C=O) groups is 1. The molecule has 86 valence electrons. The van der Waals surface area contributed by atoms with Crippen molar-refractivity contribution in [3.05, 3.63) is 46.2 Å². The zero-order valence-corrected chi connectivity index (χ0v) is 9.74. The van der Waals surface area contributed by atoms with Gasteiger partial charge in [-0.15, -0.1) is 0 Å². The van der Waals surface area contributed by atoms with Gasteiger partial charge < -0.3 is 9.84 Å². The lowest BCUT2D eigenvalue weighted by Gasteiger charge is -2.24. The second-order valence-corrected chi connectivity index (χ2v) is 4.75. The second-order valence-electron chi connectivity index (χ2n) is 3.97. The molecule has 1 aliphatic rings. The number of hydrogen-bond acceptors (Lipinski definition) is 4. The summed E-state index contributed by atoms with van der Waals surface area (Å²) in [5.74, 6) is 0.656. The van der Waals surface area contributed by atoms with Crippen molar-refractivity contribution >= 4 is 17.1 Å². The minimum atomic E-state index is -0.203. The number of ketones is 1. The Kier molecular flexibility index (Phi) is 2.37. The van der Waals surface area contributed by atoms with Gasteiger partial charge in [-0.1, -0.05) is 0 Å². The predicted molar refractivity (Wildman–Crippen MR) is 64.7 cm³/mol. The molecule has 0 amide bonds. The molecule has 1 N–H and O–H groups in total. The van der Waals surface area contributed by atoms with E-state index in [9.17, 15) is 9.90 Å². The Bertz CT molecular complexity index is 560. The number of thiophene rings is 1. The topological polar surface area (TPSA) is 46.5 Å². The van der Waals surface area contributed by atoms with Gasteiger partial charge in [-0.05, 0) is 35.0 Å². The average Bonchev–Trinajstić information content (AvgIpc) is 2.83. The van der Waals surface area contributed by atoms with Crippen LogP contribution in [0.2, 0.25) is 0 Å². The van der Waals surface area contributed by atoms with Crippen LogP contribution in [-0.4, -0.2) is 10.9 Å². The first-order valence-electron chi connectivity index (χ1n) is 5.29. The van der Waals surface area contributed by atoms with E-state index < -0.39 is 0 Å². The summed E-state index contributed by atoms with van der Waals surface area (Å²) < 4.78 is 5.78. The van der Waals surface area contributed by atoms with Gasteiger partial charge >= 0.3 is 0 Å². The van der Waals surface area contributed by atoms with Crippen molar-refractivity contribution in [1.29, 1.82) is 0 Å². The van der Waals surface area contributed by atoms with Gasteiger partial charge in [-0.2, -0.15) is 11.3 Å². The van der Waals surface area contributed by atoms with Crippen LogP contribution in [-0.2, 0) is 0 Å². The fourth-order valence-corrected chi connectivity index (χ4v) is 2.66. The summed E-state index contributed by atoms with van der Waals surface area (Å²) in [6, 6.07) is 6.60. The number of Topliss-reactive ketones (excluding diaryl/α,β-unsaturated/α-hetero) is 1. The van der Waals surface area contributed by atoms with E-state index in [1.807, 2.05) is 16.8 Å². The third kappa shape index (κ3) is 1.80. The van der Waals surface area contributed by atoms with E-state index in [0.29, 0.717) is 17.7 Å². The van der Waals surface area contributed by atoms with Crippen LogP contribution in [0.15, 0.2) is 35.0 Å². The SMILES string of the molecule is O=C1C[C@@H](c2ccsc2)Oc2ccc(O)cc21. The third-order valence-electron chi connectivity index (χ3n) is 2.82. The lowest BCUT2D eigenvalue weighted by molar-refractivity contribution is 0.0850. The molecule has 0 aliphatic carbocycles. The van der Waals surface area contributed by atoms with E-state index in [4.69, 9.17) is 4.74 Å². The largest absolute Gasteiger partial charge is 0.508 e. The number of phenolic OH excluding ortho intramolecular Hbond substituents is 1. The number of aromatic hydroxyl groups is 1. The van der Waals surface area contributed by atoms with Crippen LogP contribution in [0.3, 0.4) is 0 Å².